The van der Waals surface area contributed by atoms with Crippen molar-refractivity contribution in [1.82, 2.24) is 4.57 Å². The van der Waals surface area contributed by atoms with Gasteiger partial charge in [0, 0.05) is 16.5 Å². The number of fused-ring (bicyclic) bond motifs is 6. The van der Waals surface area contributed by atoms with Gasteiger partial charge in [-0.2, -0.15) is 0 Å². The Labute approximate surface area is 215 Å². The second-order valence-electron chi connectivity index (χ2n) is 9.34. The van der Waals surface area contributed by atoms with E-state index in [4.69, 9.17) is 23.7 Å². The molecule has 5 atom stereocenters. The summed E-state index contributed by atoms with van der Waals surface area (Å²) in [5, 5.41) is 41.3. The number of ketones is 1. The van der Waals surface area contributed by atoms with Crippen LogP contribution in [0, 0.1) is 0 Å². The van der Waals surface area contributed by atoms with E-state index in [0.29, 0.717) is 33.8 Å². The fourth-order valence-corrected chi connectivity index (χ4v) is 5.43. The normalized spacial score (nSPS) is 25.4. The highest BCUT2D eigenvalue weighted by molar-refractivity contribution is 6.27. The number of carbonyl (C=O) groups is 1. The van der Waals surface area contributed by atoms with Crippen LogP contribution < -0.4 is 24.5 Å². The molecule has 38 heavy (non-hydrogen) atoms. The van der Waals surface area contributed by atoms with E-state index >= 15 is 0 Å². The minimum atomic E-state index is -1.62. The number of hydrogen-bond acceptors (Lipinski definition) is 11. The molecule has 0 spiro atoms. The number of nitrogens with zero attached hydrogens (tertiary/aromatic N) is 1. The Morgan fingerprint density at radius 2 is 1.47 bits per heavy atom. The van der Waals surface area contributed by atoms with Crippen molar-refractivity contribution in [3.8, 4) is 34.3 Å². The highest BCUT2D eigenvalue weighted by Crippen LogP contribution is 2.47. The number of aromatic nitrogens is 1. The van der Waals surface area contributed by atoms with Gasteiger partial charge in [-0.1, -0.05) is 0 Å². The first-order valence-electron chi connectivity index (χ1n) is 11.9. The van der Waals surface area contributed by atoms with Crippen molar-refractivity contribution in [2.75, 3.05) is 27.6 Å². The summed E-state index contributed by atoms with van der Waals surface area (Å²) in [6.45, 7) is -0.923. The average molecular weight is 527 g/mol. The molecule has 12 nitrogen and oxygen atoms in total. The highest BCUT2D eigenvalue weighted by Gasteiger charge is 2.44. The number of ether oxygens (including phenoxy) is 5. The summed E-state index contributed by atoms with van der Waals surface area (Å²) in [6, 6.07) is 6.23. The van der Waals surface area contributed by atoms with E-state index in [0.717, 1.165) is 0 Å². The molecular weight excluding hydrogens is 502 g/mol. The average Bonchev–Trinajstić information content (AvgIpc) is 3.50. The van der Waals surface area contributed by atoms with Gasteiger partial charge in [-0.05, 0) is 24.3 Å². The molecule has 0 amide bonds. The minimum Gasteiger partial charge on any atom is -0.493 e. The van der Waals surface area contributed by atoms with Crippen molar-refractivity contribution in [2.45, 2.75) is 37.1 Å². The van der Waals surface area contributed by atoms with Crippen LogP contribution in [0.15, 0.2) is 29.1 Å². The number of aliphatic hydroxyl groups excluding tert-OH is 4. The van der Waals surface area contributed by atoms with Gasteiger partial charge in [0.1, 0.15) is 30.5 Å². The van der Waals surface area contributed by atoms with Crippen LogP contribution in [-0.2, 0) is 11.3 Å². The maximum atomic E-state index is 14.0. The molecule has 0 bridgehead atoms. The van der Waals surface area contributed by atoms with Crippen LogP contribution in [-0.4, -0.2) is 88.9 Å². The summed E-state index contributed by atoms with van der Waals surface area (Å²) < 4.78 is 28.7. The predicted molar refractivity (Wildman–Crippen MR) is 130 cm³/mol. The first-order chi connectivity index (χ1) is 18.3. The van der Waals surface area contributed by atoms with Crippen molar-refractivity contribution in [2.24, 2.45) is 0 Å². The lowest BCUT2D eigenvalue weighted by Crippen LogP contribution is -2.59. The monoisotopic (exact) mass is 527 g/mol. The molecule has 200 valence electrons. The van der Waals surface area contributed by atoms with E-state index in [1.54, 1.807) is 18.2 Å². The maximum Gasteiger partial charge on any atom is 0.259 e. The van der Waals surface area contributed by atoms with Gasteiger partial charge in [0.15, 0.2) is 28.8 Å². The topological polar surface area (TPSA) is 166 Å². The van der Waals surface area contributed by atoms with Crippen LogP contribution in [0.5, 0.6) is 23.0 Å². The van der Waals surface area contributed by atoms with Crippen LogP contribution in [0.2, 0.25) is 0 Å². The van der Waals surface area contributed by atoms with Gasteiger partial charge in [0.25, 0.3) is 5.56 Å². The van der Waals surface area contributed by atoms with E-state index < -0.39 is 42.7 Å². The molecule has 6 rings (SSSR count). The summed E-state index contributed by atoms with van der Waals surface area (Å²) >= 11 is 0. The van der Waals surface area contributed by atoms with Gasteiger partial charge in [0.2, 0.25) is 6.79 Å². The summed E-state index contributed by atoms with van der Waals surface area (Å²) in [6.07, 6.45) is -7.11. The number of carbonyl (C=O) groups excluding carboxylic acids is 1. The Kier molecular flexibility index (Phi) is 5.81. The van der Waals surface area contributed by atoms with Crippen molar-refractivity contribution in [1.29, 1.82) is 0 Å². The molecule has 1 aromatic heterocycles. The van der Waals surface area contributed by atoms with Crippen LogP contribution in [0.4, 0.5) is 0 Å². The van der Waals surface area contributed by atoms with Gasteiger partial charge in [-0.25, -0.2) is 0 Å². The smallest absolute Gasteiger partial charge is 0.259 e. The van der Waals surface area contributed by atoms with Gasteiger partial charge >= 0.3 is 0 Å². The van der Waals surface area contributed by atoms with E-state index in [1.165, 1.54) is 24.9 Å². The van der Waals surface area contributed by atoms with E-state index in [1.807, 2.05) is 0 Å². The zero-order chi connectivity index (χ0) is 26.9. The van der Waals surface area contributed by atoms with Crippen molar-refractivity contribution < 1.29 is 48.9 Å². The molecule has 3 aromatic rings. The third kappa shape index (κ3) is 3.42. The predicted octanol–water partition coefficient (Wildman–Crippen LogP) is -0.199. The molecule has 0 saturated carbocycles. The first-order valence-corrected chi connectivity index (χ1v) is 11.9. The first kappa shape index (κ1) is 24.6. The lowest BCUT2D eigenvalue weighted by molar-refractivity contribution is -0.231. The summed E-state index contributed by atoms with van der Waals surface area (Å²) in [5.41, 5.74) is 0.699. The number of rotatable bonds is 5. The van der Waals surface area contributed by atoms with Crippen LogP contribution in [0.25, 0.3) is 22.0 Å². The van der Waals surface area contributed by atoms with Crippen molar-refractivity contribution in [3.05, 3.63) is 45.7 Å². The molecule has 1 fully saturated rings. The van der Waals surface area contributed by atoms with Gasteiger partial charge in [0.05, 0.1) is 44.0 Å². The molecule has 2 aliphatic heterocycles. The Morgan fingerprint density at radius 1 is 0.868 bits per heavy atom. The lowest BCUT2D eigenvalue weighted by atomic mass is 9.94. The molecule has 12 heteroatoms. The zero-order valence-electron chi connectivity index (χ0n) is 20.4. The number of benzene rings is 2. The summed E-state index contributed by atoms with van der Waals surface area (Å²) in [5.74, 6) is 1.05. The van der Waals surface area contributed by atoms with E-state index in [9.17, 15) is 30.0 Å². The number of hydrogen-bond donors (Lipinski definition) is 4. The van der Waals surface area contributed by atoms with Crippen LogP contribution >= 0.6 is 0 Å². The molecule has 3 heterocycles. The molecular formula is C26H25NO11. The Morgan fingerprint density at radius 3 is 2.11 bits per heavy atom. The van der Waals surface area contributed by atoms with Gasteiger partial charge in [-0.3, -0.25) is 9.59 Å². The zero-order valence-corrected chi connectivity index (χ0v) is 20.4. The summed E-state index contributed by atoms with van der Waals surface area (Å²) in [4.78, 5) is 27.8. The fraction of sp³-hybridized carbons (Fsp3) is 0.385. The molecule has 1 aliphatic carbocycles. The molecule has 0 unspecified atom stereocenters. The van der Waals surface area contributed by atoms with Crippen molar-refractivity contribution >= 4 is 16.6 Å². The maximum absolute atomic E-state index is 14.0. The molecule has 1 saturated heterocycles. The van der Waals surface area contributed by atoms with E-state index in [2.05, 4.69) is 0 Å². The number of aliphatic hydroxyl groups is 4. The van der Waals surface area contributed by atoms with Gasteiger partial charge < -0.3 is 48.7 Å². The Balaban J connectivity index is 1.61. The molecule has 3 aliphatic rings. The minimum absolute atomic E-state index is 0.00827. The molecule has 0 radical (unpaired) electrons. The third-order valence-electron chi connectivity index (χ3n) is 7.37. The fourth-order valence-electron chi connectivity index (χ4n) is 5.43. The third-order valence-corrected chi connectivity index (χ3v) is 7.37. The molecule has 2 aromatic carbocycles. The van der Waals surface area contributed by atoms with Crippen LogP contribution in [0.3, 0.4) is 0 Å². The highest BCUT2D eigenvalue weighted by atomic mass is 16.7. The molecule has 4 N–H and O–H groups in total. The Hall–Kier alpha value is -3.68. The summed E-state index contributed by atoms with van der Waals surface area (Å²) in [7, 11) is 2.87. The lowest BCUT2D eigenvalue weighted by Gasteiger charge is -2.40. The standard InChI is InChI=1S/C26H25NO11/c1-34-14-3-10-13(6-15(14)35-2)26(33)27(7-18-23(30)25(32)24(31)19(8-28)38-18)21-11-4-16-17(37-9-36-16)5-12(11)22(29)20(10)21/h3-6,18-19,23-25,28,30-32H,7-9H2,1-2H3/t18-,19+,23-,24+,25+/m0/s1. The van der Waals surface area contributed by atoms with E-state index in [-0.39, 0.29) is 41.5 Å². The quantitative estimate of drug-likeness (QED) is 0.272. The van der Waals surface area contributed by atoms with Crippen LogP contribution in [0.1, 0.15) is 15.9 Å². The SMILES string of the molecule is COc1cc2c3c(n(C[C@@H]4O[C@H](CO)[C@@H](O)[C@H](O)[C@H]4O)c(=O)c2cc1OC)-c1cc2c(cc1C3=O)OCO2. The van der Waals surface area contributed by atoms with Crippen molar-refractivity contribution in [3.63, 3.8) is 0 Å². The van der Waals surface area contributed by atoms with Gasteiger partial charge in [-0.15, -0.1) is 0 Å². The number of methoxy groups -OCH3 is 2. The Bertz CT molecular complexity index is 1530. The largest absolute Gasteiger partial charge is 0.493 e. The second-order valence-corrected chi connectivity index (χ2v) is 9.34. The number of pyridine rings is 1. The second kappa shape index (κ2) is 8.96.